The number of fused-ring (bicyclic) bond motifs is 19. The molecule has 4 aromatic heterocycles. The number of hydrogen-bond acceptors (Lipinski definition) is 2. The van der Waals surface area contributed by atoms with Crippen molar-refractivity contribution in [2.75, 3.05) is 0 Å². The van der Waals surface area contributed by atoms with E-state index in [2.05, 4.69) is 401 Å². The molecule has 5 nitrogen and oxygen atoms in total. The van der Waals surface area contributed by atoms with Crippen LogP contribution in [0.1, 0.15) is 74.9 Å². The van der Waals surface area contributed by atoms with E-state index < -0.39 is 0 Å². The van der Waals surface area contributed by atoms with Crippen LogP contribution in [0.5, 0.6) is 0 Å². The number of benzene rings is 16. The monoisotopic (exact) mass is 1430 g/mol. The molecule has 20 aromatic rings. The molecule has 528 valence electrons. The smallest absolute Gasteiger partial charge is 0.160 e. The summed E-state index contributed by atoms with van der Waals surface area (Å²) in [6, 6.07) is 129. The topological polar surface area (TPSA) is 40.6 Å². The van der Waals surface area contributed by atoms with Gasteiger partial charge in [0.2, 0.25) is 0 Å². The number of hydrogen-bond donors (Lipinski definition) is 0. The maximum atomic E-state index is 5.78. The van der Waals surface area contributed by atoms with Gasteiger partial charge in [0.05, 0.1) is 44.3 Å². The molecule has 16 aromatic carbocycles. The molecule has 0 saturated carbocycles. The fourth-order valence-corrected chi connectivity index (χ4v) is 20.0. The van der Waals surface area contributed by atoms with Crippen LogP contribution in [0.4, 0.5) is 0 Å². The van der Waals surface area contributed by atoms with E-state index in [-0.39, 0.29) is 16.2 Å². The average Bonchev–Trinajstić information content (AvgIpc) is 1.65. The van der Waals surface area contributed by atoms with Crippen molar-refractivity contribution in [2.24, 2.45) is 0 Å². The number of para-hydroxylation sites is 3. The summed E-state index contributed by atoms with van der Waals surface area (Å²) in [5.41, 5.74) is 39.3. The number of rotatable bonds is 9. The third kappa shape index (κ3) is 9.37. The molecular formula is C107H75N5. The summed E-state index contributed by atoms with van der Waals surface area (Å²) in [4.78, 5) is 11.3. The van der Waals surface area contributed by atoms with Gasteiger partial charge in [-0.3, -0.25) is 0 Å². The highest BCUT2D eigenvalue weighted by Crippen LogP contribution is 2.54. The third-order valence-corrected chi connectivity index (χ3v) is 25.7. The van der Waals surface area contributed by atoms with Crippen LogP contribution in [0.15, 0.2) is 346 Å². The molecule has 3 aliphatic rings. The molecule has 5 heteroatoms. The molecule has 0 spiro atoms. The summed E-state index contributed by atoms with van der Waals surface area (Å²) in [5.74, 6) is 0.652. The minimum atomic E-state index is -0.0612. The standard InChI is InChI=1S/C107H75N5/c1-105(2)90-31-13-7-25-77(90)83-57-66(39-48-93(83)105)69-43-52-100-86(60-69)80-28-10-16-34-97(80)110(100)74-46-37-64(38-47-74)65-42-51-96-89(63-65)103(72-21-19-23-75(55-72)111-98-35-17-11-29-81(98)87-61-70(44-53-101(87)111)67-40-49-94-84(58-67)78-26-8-14-32-91(78)106(94,3)4)109-104(108-96)73-22-20-24-76(56-73)112-99-36-18-12-30-82(99)88-62-71(45-54-102(88)112)68-41-50-95-85(59-68)79-27-9-15-33-92(79)107(95,5)6/h7-63H,1-6H3. The van der Waals surface area contributed by atoms with Gasteiger partial charge < -0.3 is 13.7 Å². The molecule has 0 aliphatic heterocycles. The molecule has 0 atom stereocenters. The SMILES string of the molecule is CC1(C)c2ccccc2-c2cc(-c3ccc4c(c3)c3ccccc3n4-c3ccc(-c4ccc5nc(-c6cccc(-n7c8ccccc8c8cc(-c9ccc%10c(c9)-c9ccccc9C%10(C)C)ccc87)c6)nc(-c6cccc(-n7c8ccccc8c8cc(-c9ccc%10c(c9)-c9ccccc9C%10(C)C)ccc87)c6)c5c4)cc3)ccc21. The van der Waals surface area contributed by atoms with E-state index in [9.17, 15) is 0 Å². The van der Waals surface area contributed by atoms with Crippen LogP contribution in [0, 0.1) is 0 Å². The number of nitrogens with zero attached hydrogens (tertiary/aromatic N) is 5. The summed E-state index contributed by atoms with van der Waals surface area (Å²) >= 11 is 0. The van der Waals surface area contributed by atoms with Gasteiger partial charge in [0.1, 0.15) is 0 Å². The summed E-state index contributed by atoms with van der Waals surface area (Å²) in [7, 11) is 0. The maximum absolute atomic E-state index is 5.78. The molecule has 0 amide bonds. The van der Waals surface area contributed by atoms with Crippen molar-refractivity contribution >= 4 is 76.3 Å². The highest BCUT2D eigenvalue weighted by Gasteiger charge is 2.38. The Labute approximate surface area is 650 Å². The molecular weight excluding hydrogens is 1360 g/mol. The maximum Gasteiger partial charge on any atom is 0.160 e. The van der Waals surface area contributed by atoms with Gasteiger partial charge in [0.15, 0.2) is 5.82 Å². The number of aromatic nitrogens is 5. The first-order chi connectivity index (χ1) is 54.8. The summed E-state index contributed by atoms with van der Waals surface area (Å²) in [6.07, 6.45) is 0. The van der Waals surface area contributed by atoms with Gasteiger partial charge in [-0.05, 0) is 233 Å². The van der Waals surface area contributed by atoms with Gasteiger partial charge in [0, 0.05) is 82.1 Å². The lowest BCUT2D eigenvalue weighted by atomic mass is 9.82. The minimum absolute atomic E-state index is 0.0443. The van der Waals surface area contributed by atoms with E-state index in [4.69, 9.17) is 9.97 Å². The van der Waals surface area contributed by atoms with Crippen LogP contribution in [-0.2, 0) is 16.2 Å². The van der Waals surface area contributed by atoms with Gasteiger partial charge >= 0.3 is 0 Å². The highest BCUT2D eigenvalue weighted by molar-refractivity contribution is 6.14. The van der Waals surface area contributed by atoms with E-state index in [1.807, 2.05) is 0 Å². The van der Waals surface area contributed by atoms with Crippen LogP contribution in [0.3, 0.4) is 0 Å². The van der Waals surface area contributed by atoms with E-state index in [1.54, 1.807) is 0 Å². The molecule has 112 heavy (non-hydrogen) atoms. The quantitative estimate of drug-likeness (QED) is 0.144. The first-order valence-corrected chi connectivity index (χ1v) is 39.3. The Morgan fingerprint density at radius 2 is 0.518 bits per heavy atom. The molecule has 0 saturated heterocycles. The molecule has 4 heterocycles. The zero-order valence-corrected chi connectivity index (χ0v) is 63.1. The molecule has 0 bridgehead atoms. The second-order valence-electron chi connectivity index (χ2n) is 32.8. The highest BCUT2D eigenvalue weighted by atomic mass is 15.0. The van der Waals surface area contributed by atoms with Crippen LogP contribution >= 0.6 is 0 Å². The fraction of sp³-hybridized carbons (Fsp3) is 0.0841. The first-order valence-electron chi connectivity index (χ1n) is 39.3. The predicted molar refractivity (Wildman–Crippen MR) is 468 cm³/mol. The Balaban J connectivity index is 0.642. The summed E-state index contributed by atoms with van der Waals surface area (Å²) in [6.45, 7) is 14.1. The zero-order valence-electron chi connectivity index (χ0n) is 63.1. The lowest BCUT2D eigenvalue weighted by molar-refractivity contribution is 0.660. The third-order valence-electron chi connectivity index (χ3n) is 25.7. The Hall–Kier alpha value is -13.7. The first kappa shape index (κ1) is 64.3. The fourth-order valence-electron chi connectivity index (χ4n) is 20.0. The van der Waals surface area contributed by atoms with Crippen molar-refractivity contribution in [3.63, 3.8) is 0 Å². The van der Waals surface area contributed by atoms with Gasteiger partial charge in [-0.1, -0.05) is 266 Å². The summed E-state index contributed by atoms with van der Waals surface area (Å²) in [5, 5.41) is 8.24. The van der Waals surface area contributed by atoms with E-state index >= 15 is 0 Å². The minimum Gasteiger partial charge on any atom is -0.309 e. The van der Waals surface area contributed by atoms with Crippen LogP contribution in [0.2, 0.25) is 0 Å². The Kier molecular flexibility index (Phi) is 13.6. The van der Waals surface area contributed by atoms with Crippen molar-refractivity contribution in [1.82, 2.24) is 23.7 Å². The average molecular weight is 1430 g/mol. The molecule has 3 aliphatic carbocycles. The van der Waals surface area contributed by atoms with Crippen molar-refractivity contribution in [2.45, 2.75) is 57.8 Å². The van der Waals surface area contributed by atoms with Gasteiger partial charge in [0.25, 0.3) is 0 Å². The molecule has 23 rings (SSSR count). The van der Waals surface area contributed by atoms with Crippen molar-refractivity contribution in [3.8, 4) is 118 Å². The lowest BCUT2D eigenvalue weighted by Gasteiger charge is -2.21. The van der Waals surface area contributed by atoms with Crippen LogP contribution in [-0.4, -0.2) is 23.7 Å². The second kappa shape index (κ2) is 23.6. The predicted octanol–water partition coefficient (Wildman–Crippen LogP) is 27.8. The van der Waals surface area contributed by atoms with Gasteiger partial charge in [-0.2, -0.15) is 0 Å². The zero-order chi connectivity index (χ0) is 74.6. The van der Waals surface area contributed by atoms with Crippen molar-refractivity contribution in [1.29, 1.82) is 0 Å². The Morgan fingerprint density at radius 3 is 0.964 bits per heavy atom. The van der Waals surface area contributed by atoms with Crippen molar-refractivity contribution < 1.29 is 0 Å². The second-order valence-corrected chi connectivity index (χ2v) is 32.8. The molecule has 0 unspecified atom stereocenters. The Morgan fingerprint density at radius 1 is 0.196 bits per heavy atom. The van der Waals surface area contributed by atoms with E-state index in [0.717, 1.165) is 78.0 Å². The van der Waals surface area contributed by atoms with Crippen LogP contribution < -0.4 is 0 Å². The van der Waals surface area contributed by atoms with Crippen molar-refractivity contribution in [3.05, 3.63) is 379 Å². The van der Waals surface area contributed by atoms with E-state index in [1.165, 1.54) is 143 Å². The lowest BCUT2D eigenvalue weighted by Crippen LogP contribution is -2.14. The molecule has 0 fully saturated rings. The molecule has 0 N–H and O–H groups in total. The largest absolute Gasteiger partial charge is 0.309 e. The van der Waals surface area contributed by atoms with Crippen LogP contribution in [0.25, 0.3) is 194 Å². The summed E-state index contributed by atoms with van der Waals surface area (Å²) < 4.78 is 7.27. The Bertz CT molecular complexity index is 7470. The van der Waals surface area contributed by atoms with Gasteiger partial charge in [-0.25, -0.2) is 9.97 Å². The molecule has 0 radical (unpaired) electrons. The normalized spacial score (nSPS) is 14.0. The van der Waals surface area contributed by atoms with E-state index in [0.29, 0.717) is 5.82 Å². The van der Waals surface area contributed by atoms with Gasteiger partial charge in [-0.15, -0.1) is 0 Å².